The van der Waals surface area contributed by atoms with E-state index in [0.29, 0.717) is 28.4 Å². The molecular formula is C13H12ClNO2. The molecule has 1 amide bonds. The van der Waals surface area contributed by atoms with E-state index in [1.807, 2.05) is 19.1 Å². The zero-order chi connectivity index (χ0) is 12.6. The van der Waals surface area contributed by atoms with Gasteiger partial charge in [0, 0.05) is 17.4 Å². The Morgan fingerprint density at radius 2 is 2.24 bits per heavy atom. The van der Waals surface area contributed by atoms with Crippen LogP contribution in [0.2, 0.25) is 5.02 Å². The number of primary amides is 1. The molecule has 2 aromatic rings. The molecule has 3 nitrogen and oxygen atoms in total. The summed E-state index contributed by atoms with van der Waals surface area (Å²) >= 11 is 6.03. The number of aryl methyl sites for hydroxylation is 1. The molecule has 2 N–H and O–H groups in total. The Bertz CT molecular complexity index is 613. The van der Waals surface area contributed by atoms with Crippen molar-refractivity contribution in [3.05, 3.63) is 46.7 Å². The molecular weight excluding hydrogens is 238 g/mol. The fourth-order valence-corrected chi connectivity index (χ4v) is 1.92. The first kappa shape index (κ1) is 11.7. The Balaban J connectivity index is 2.49. The minimum absolute atomic E-state index is 0.312. The number of carbonyl (C=O) groups is 1. The first-order valence-electron chi connectivity index (χ1n) is 5.14. The molecule has 0 aliphatic heterocycles. The molecule has 17 heavy (non-hydrogen) atoms. The Morgan fingerprint density at radius 3 is 2.82 bits per heavy atom. The first-order valence-corrected chi connectivity index (χ1v) is 5.52. The number of hydrogen-bond acceptors (Lipinski definition) is 2. The highest BCUT2D eigenvalue weighted by Crippen LogP contribution is 2.31. The monoisotopic (exact) mass is 249 g/mol. The average Bonchev–Trinajstić information content (AvgIpc) is 2.58. The highest BCUT2D eigenvalue weighted by molar-refractivity contribution is 6.34. The topological polar surface area (TPSA) is 56.2 Å². The van der Waals surface area contributed by atoms with Crippen LogP contribution in [0.4, 0.5) is 0 Å². The number of benzene rings is 1. The van der Waals surface area contributed by atoms with Gasteiger partial charge in [-0.25, -0.2) is 0 Å². The molecule has 0 aliphatic carbocycles. The molecule has 0 atom stereocenters. The van der Waals surface area contributed by atoms with Crippen molar-refractivity contribution in [1.82, 2.24) is 0 Å². The van der Waals surface area contributed by atoms with Crippen LogP contribution >= 0.6 is 11.6 Å². The number of amides is 1. The molecule has 0 aliphatic rings. The summed E-state index contributed by atoms with van der Waals surface area (Å²) in [5.41, 5.74) is 7.08. The van der Waals surface area contributed by atoms with Gasteiger partial charge in [0.25, 0.3) is 0 Å². The molecule has 1 heterocycles. The third-order valence-corrected chi connectivity index (χ3v) is 3.03. The van der Waals surface area contributed by atoms with Crippen molar-refractivity contribution in [2.45, 2.75) is 13.3 Å². The number of carbonyl (C=O) groups excluding carboxylic acids is 1. The molecule has 1 aromatic carbocycles. The van der Waals surface area contributed by atoms with E-state index in [0.717, 1.165) is 10.9 Å². The third-order valence-electron chi connectivity index (χ3n) is 2.74. The molecule has 1 aromatic heterocycles. The van der Waals surface area contributed by atoms with Gasteiger partial charge in [0.2, 0.25) is 5.91 Å². The lowest BCUT2D eigenvalue weighted by atomic mass is 10.1. The van der Waals surface area contributed by atoms with Gasteiger partial charge in [-0.05, 0) is 18.6 Å². The molecule has 0 bridgehead atoms. The van der Waals surface area contributed by atoms with Crippen LogP contribution in [0.3, 0.4) is 0 Å². The quantitative estimate of drug-likeness (QED) is 0.851. The Morgan fingerprint density at radius 1 is 1.53 bits per heavy atom. The summed E-state index contributed by atoms with van der Waals surface area (Å²) in [6.45, 7) is 5.54. The molecule has 4 heteroatoms. The van der Waals surface area contributed by atoms with E-state index in [2.05, 4.69) is 6.58 Å². The summed E-state index contributed by atoms with van der Waals surface area (Å²) in [5, 5.41) is 1.51. The standard InChI is InChI=1S/C13H12ClNO2/c1-7(13(15)16)6-11-8(2)9-4-3-5-10(14)12(9)17-11/h3-5H,1,6H2,2H3,(H2,15,16). The summed E-state index contributed by atoms with van der Waals surface area (Å²) in [5.74, 6) is 0.160. The van der Waals surface area contributed by atoms with Gasteiger partial charge in [-0.2, -0.15) is 0 Å². The number of hydrogen-bond donors (Lipinski definition) is 1. The zero-order valence-electron chi connectivity index (χ0n) is 9.42. The summed E-state index contributed by atoms with van der Waals surface area (Å²) < 4.78 is 5.65. The Kier molecular flexibility index (Phi) is 2.94. The minimum atomic E-state index is -0.518. The Hall–Kier alpha value is -1.74. The van der Waals surface area contributed by atoms with Gasteiger partial charge >= 0.3 is 0 Å². The van der Waals surface area contributed by atoms with Crippen molar-refractivity contribution in [2.24, 2.45) is 5.73 Å². The van der Waals surface area contributed by atoms with Crippen molar-refractivity contribution in [3.8, 4) is 0 Å². The van der Waals surface area contributed by atoms with Crippen molar-refractivity contribution < 1.29 is 9.21 Å². The molecule has 0 fully saturated rings. The molecule has 2 rings (SSSR count). The van der Waals surface area contributed by atoms with Gasteiger partial charge < -0.3 is 10.2 Å². The van der Waals surface area contributed by atoms with Crippen LogP contribution in [0.15, 0.2) is 34.8 Å². The number of furan rings is 1. The van der Waals surface area contributed by atoms with Crippen molar-refractivity contribution in [3.63, 3.8) is 0 Å². The number of para-hydroxylation sites is 1. The lowest BCUT2D eigenvalue weighted by molar-refractivity contribution is -0.114. The van der Waals surface area contributed by atoms with Gasteiger partial charge in [-0.15, -0.1) is 0 Å². The average molecular weight is 250 g/mol. The van der Waals surface area contributed by atoms with Crippen LogP contribution in [0.5, 0.6) is 0 Å². The van der Waals surface area contributed by atoms with E-state index in [9.17, 15) is 4.79 Å². The normalized spacial score (nSPS) is 10.7. The maximum Gasteiger partial charge on any atom is 0.244 e. The second-order valence-electron chi connectivity index (χ2n) is 3.91. The number of nitrogens with two attached hydrogens (primary N) is 1. The molecule has 0 spiro atoms. The summed E-state index contributed by atoms with van der Waals surface area (Å²) in [6.07, 6.45) is 0.312. The smallest absolute Gasteiger partial charge is 0.244 e. The zero-order valence-corrected chi connectivity index (χ0v) is 10.2. The predicted octanol–water partition coefficient (Wildman–Crippen LogP) is 2.98. The summed E-state index contributed by atoms with van der Waals surface area (Å²) in [7, 11) is 0. The van der Waals surface area contributed by atoms with Gasteiger partial charge in [0.05, 0.1) is 5.02 Å². The van der Waals surface area contributed by atoms with E-state index < -0.39 is 5.91 Å². The van der Waals surface area contributed by atoms with Gasteiger partial charge in [-0.3, -0.25) is 4.79 Å². The van der Waals surface area contributed by atoms with Crippen molar-refractivity contribution in [2.75, 3.05) is 0 Å². The van der Waals surface area contributed by atoms with Crippen LogP contribution in [0.25, 0.3) is 11.0 Å². The second kappa shape index (κ2) is 4.26. The largest absolute Gasteiger partial charge is 0.459 e. The number of rotatable bonds is 3. The molecule has 88 valence electrons. The van der Waals surface area contributed by atoms with Crippen LogP contribution in [0.1, 0.15) is 11.3 Å². The highest BCUT2D eigenvalue weighted by Gasteiger charge is 2.14. The fraction of sp³-hybridized carbons (Fsp3) is 0.154. The molecule has 0 saturated heterocycles. The number of fused-ring (bicyclic) bond motifs is 1. The van der Waals surface area contributed by atoms with E-state index in [4.69, 9.17) is 21.8 Å². The first-order chi connectivity index (χ1) is 8.00. The van der Waals surface area contributed by atoms with Crippen molar-refractivity contribution >= 4 is 28.5 Å². The predicted molar refractivity (Wildman–Crippen MR) is 68.0 cm³/mol. The molecule has 0 unspecified atom stereocenters. The number of halogens is 1. The van der Waals surface area contributed by atoms with Crippen LogP contribution < -0.4 is 5.73 Å². The van der Waals surface area contributed by atoms with E-state index >= 15 is 0 Å². The van der Waals surface area contributed by atoms with Crippen LogP contribution in [-0.4, -0.2) is 5.91 Å². The fourth-order valence-electron chi connectivity index (χ4n) is 1.71. The SMILES string of the molecule is C=C(Cc1oc2c(Cl)cccc2c1C)C(N)=O. The van der Waals surface area contributed by atoms with Crippen molar-refractivity contribution in [1.29, 1.82) is 0 Å². The Labute approximate surface area is 104 Å². The molecule has 0 radical (unpaired) electrons. The lowest BCUT2D eigenvalue weighted by Crippen LogP contribution is -2.14. The lowest BCUT2D eigenvalue weighted by Gasteiger charge is -1.98. The summed E-state index contributed by atoms with van der Waals surface area (Å²) in [6, 6.07) is 5.55. The third kappa shape index (κ3) is 2.06. The van der Waals surface area contributed by atoms with Crippen LogP contribution in [0, 0.1) is 6.92 Å². The van der Waals surface area contributed by atoms with E-state index in [-0.39, 0.29) is 0 Å². The summed E-state index contributed by atoms with van der Waals surface area (Å²) in [4.78, 5) is 11.0. The van der Waals surface area contributed by atoms with Gasteiger partial charge in [0.15, 0.2) is 5.58 Å². The van der Waals surface area contributed by atoms with Gasteiger partial charge in [0.1, 0.15) is 5.76 Å². The minimum Gasteiger partial charge on any atom is -0.459 e. The second-order valence-corrected chi connectivity index (χ2v) is 4.32. The maximum atomic E-state index is 11.0. The van der Waals surface area contributed by atoms with Gasteiger partial charge in [-0.1, -0.05) is 30.3 Å². The van der Waals surface area contributed by atoms with E-state index in [1.165, 1.54) is 0 Å². The highest BCUT2D eigenvalue weighted by atomic mass is 35.5. The molecule has 0 saturated carbocycles. The van der Waals surface area contributed by atoms with Crippen LogP contribution in [-0.2, 0) is 11.2 Å². The maximum absolute atomic E-state index is 11.0. The van der Waals surface area contributed by atoms with E-state index in [1.54, 1.807) is 6.07 Å².